The van der Waals surface area contributed by atoms with Crippen LogP contribution >= 0.6 is 47.2 Å². The summed E-state index contributed by atoms with van der Waals surface area (Å²) in [7, 11) is 0. The molecule has 3 aliphatic rings. The molecule has 1 saturated carbocycles. The first-order valence-corrected chi connectivity index (χ1v) is 18.2. The highest BCUT2D eigenvalue weighted by Crippen LogP contribution is 2.43. The second kappa shape index (κ2) is 16.7. The smallest absolute Gasteiger partial charge is 0.411 e. The number of benzene rings is 3. The molecule has 1 aliphatic carbocycles. The Kier molecular flexibility index (Phi) is 12.9. The first-order valence-electron chi connectivity index (χ1n) is 17.1. The Balaban J connectivity index is 0.00000541. The number of nitrogens with zero attached hydrogens (tertiary/aromatic N) is 2. The van der Waals surface area contributed by atoms with E-state index in [2.05, 4.69) is 5.32 Å². The molecule has 0 spiro atoms. The lowest BCUT2D eigenvalue weighted by Crippen LogP contribution is -2.64. The van der Waals surface area contributed by atoms with Crippen LogP contribution < -0.4 is 10.1 Å². The van der Waals surface area contributed by atoms with Crippen LogP contribution in [-0.2, 0) is 22.5 Å². The third-order valence-electron chi connectivity index (χ3n) is 9.72. The summed E-state index contributed by atoms with van der Waals surface area (Å²) in [5.74, 6) is -5.01. The summed E-state index contributed by atoms with van der Waals surface area (Å²) in [5, 5.41) is 3.35. The molecular weight excluding hydrogens is 780 g/mol. The quantitative estimate of drug-likeness (QED) is 0.0906. The van der Waals surface area contributed by atoms with Gasteiger partial charge in [0.05, 0.1) is 18.7 Å². The van der Waals surface area contributed by atoms with Crippen LogP contribution in [-0.4, -0.2) is 69.0 Å². The number of hydrogen-bond donors (Lipinski definition) is 1. The van der Waals surface area contributed by atoms with Gasteiger partial charge in [-0.25, -0.2) is 18.0 Å². The second-order valence-corrected chi connectivity index (χ2v) is 16.1. The molecule has 2 fully saturated rings. The summed E-state index contributed by atoms with van der Waals surface area (Å²) in [4.78, 5) is 31.9. The Morgan fingerprint density at radius 2 is 1.60 bits per heavy atom. The SMILES string of the molecule is CC(C)(OC(=O)N1C2CNCC1C(C(=O)N(Cc1ccccc1F)C1CC1)=C(c1ccc(CCCOc3c(F)ccc(F)c3F)cc1)C2)C(Cl)(Cl)Cl.Cl. The maximum Gasteiger partial charge on any atom is 0.411 e. The van der Waals surface area contributed by atoms with E-state index >= 15 is 0 Å². The largest absolute Gasteiger partial charge is 0.488 e. The van der Waals surface area contributed by atoms with E-state index < -0.39 is 56.6 Å². The number of alkyl halides is 3. The van der Waals surface area contributed by atoms with Crippen LogP contribution in [0.4, 0.5) is 22.4 Å². The van der Waals surface area contributed by atoms with E-state index in [0.29, 0.717) is 43.0 Å². The lowest BCUT2D eigenvalue weighted by molar-refractivity contribution is -0.129. The summed E-state index contributed by atoms with van der Waals surface area (Å²) < 4.78 is 65.4. The van der Waals surface area contributed by atoms with Crippen LogP contribution in [0, 0.1) is 23.3 Å². The van der Waals surface area contributed by atoms with E-state index in [1.165, 1.54) is 19.9 Å². The van der Waals surface area contributed by atoms with Gasteiger partial charge in [0, 0.05) is 36.8 Å². The van der Waals surface area contributed by atoms with Gasteiger partial charge in [-0.2, -0.15) is 4.39 Å². The average molecular weight is 820 g/mol. The summed E-state index contributed by atoms with van der Waals surface area (Å²) in [6, 6.07) is 14.2. The summed E-state index contributed by atoms with van der Waals surface area (Å²) in [5.41, 5.74) is 1.73. The number of fused-ring (bicyclic) bond motifs is 2. The molecule has 2 aliphatic heterocycles. The molecule has 2 unspecified atom stereocenters. The van der Waals surface area contributed by atoms with Gasteiger partial charge in [0.15, 0.2) is 23.0 Å². The summed E-state index contributed by atoms with van der Waals surface area (Å²) in [6.45, 7) is 3.70. The van der Waals surface area contributed by atoms with Gasteiger partial charge < -0.3 is 19.7 Å². The number of aryl methyl sites for hydroxylation is 1. The van der Waals surface area contributed by atoms with E-state index in [9.17, 15) is 27.2 Å². The Morgan fingerprint density at radius 1 is 0.925 bits per heavy atom. The van der Waals surface area contributed by atoms with Gasteiger partial charge in [0.2, 0.25) is 9.61 Å². The molecule has 1 saturated heterocycles. The van der Waals surface area contributed by atoms with Gasteiger partial charge in [0.25, 0.3) is 5.91 Å². The molecule has 6 rings (SSSR count). The summed E-state index contributed by atoms with van der Waals surface area (Å²) in [6.07, 6.45) is 2.02. The number of ether oxygens (including phenoxy) is 2. The zero-order chi connectivity index (χ0) is 37.4. The zero-order valence-electron chi connectivity index (χ0n) is 29.0. The highest BCUT2D eigenvalue weighted by molar-refractivity contribution is 6.68. The van der Waals surface area contributed by atoms with Crippen molar-refractivity contribution >= 4 is 64.8 Å². The molecule has 53 heavy (non-hydrogen) atoms. The number of amides is 2. The average Bonchev–Trinajstić information content (AvgIpc) is 3.94. The van der Waals surface area contributed by atoms with Crippen molar-refractivity contribution in [3.05, 3.63) is 106 Å². The molecule has 3 aromatic carbocycles. The van der Waals surface area contributed by atoms with Crippen LogP contribution in [0.3, 0.4) is 0 Å². The van der Waals surface area contributed by atoms with E-state index in [4.69, 9.17) is 44.3 Å². The van der Waals surface area contributed by atoms with Crippen molar-refractivity contribution in [3.63, 3.8) is 0 Å². The first kappa shape index (κ1) is 41.0. The van der Waals surface area contributed by atoms with Gasteiger partial charge >= 0.3 is 6.09 Å². The van der Waals surface area contributed by atoms with Crippen LogP contribution in [0.5, 0.6) is 5.75 Å². The third-order valence-corrected chi connectivity index (χ3v) is 11.1. The van der Waals surface area contributed by atoms with Crippen molar-refractivity contribution in [2.45, 2.75) is 80.0 Å². The number of rotatable bonds is 11. The standard InChI is InChI=1S/C38H38Cl3F4N3O4.ClH/c1-37(2,38(39,40)41)52-36(50)48-26-18-27(23-11-9-22(10-12-23)6-5-17-51-34-30(44)16-15-29(43)33(34)45)32(31(48)20-46-19-26)35(49)47(25-13-14-25)21-24-7-3-4-8-28(24)42;/h3-4,7-12,15-16,25-26,31,46H,5-6,13-14,17-21H2,1-2H3;1H. The van der Waals surface area contributed by atoms with Crippen molar-refractivity contribution in [1.29, 1.82) is 0 Å². The van der Waals surface area contributed by atoms with Gasteiger partial charge in [-0.05, 0) is 80.9 Å². The number of halogens is 8. The Labute approximate surface area is 326 Å². The Hall–Kier alpha value is -3.22. The molecule has 2 amide bonds. The topological polar surface area (TPSA) is 71.1 Å². The number of piperazine rings is 1. The van der Waals surface area contributed by atoms with E-state index in [0.717, 1.165) is 35.6 Å². The predicted molar refractivity (Wildman–Crippen MR) is 198 cm³/mol. The highest BCUT2D eigenvalue weighted by atomic mass is 35.6. The maximum absolute atomic E-state index is 14.9. The molecule has 1 N–H and O–H groups in total. The van der Waals surface area contributed by atoms with Crippen LogP contribution in [0.15, 0.2) is 66.2 Å². The summed E-state index contributed by atoms with van der Waals surface area (Å²) >= 11 is 18.5. The molecule has 15 heteroatoms. The highest BCUT2D eigenvalue weighted by Gasteiger charge is 2.50. The molecule has 3 aromatic rings. The van der Waals surface area contributed by atoms with Crippen LogP contribution in [0.2, 0.25) is 0 Å². The lowest BCUT2D eigenvalue weighted by atomic mass is 9.81. The maximum atomic E-state index is 14.9. The second-order valence-electron chi connectivity index (χ2n) is 13.8. The van der Waals surface area contributed by atoms with Gasteiger partial charge in [-0.1, -0.05) is 77.3 Å². The fourth-order valence-electron chi connectivity index (χ4n) is 6.63. The van der Waals surface area contributed by atoms with Crippen molar-refractivity contribution in [2.75, 3.05) is 19.7 Å². The predicted octanol–water partition coefficient (Wildman–Crippen LogP) is 8.95. The van der Waals surface area contributed by atoms with Crippen molar-refractivity contribution in [2.24, 2.45) is 0 Å². The molecule has 0 radical (unpaired) electrons. The Morgan fingerprint density at radius 3 is 2.26 bits per heavy atom. The van der Waals surface area contributed by atoms with Crippen LogP contribution in [0.1, 0.15) is 56.2 Å². The lowest BCUT2D eigenvalue weighted by Gasteiger charge is -2.48. The zero-order valence-corrected chi connectivity index (χ0v) is 32.0. The number of carbonyl (C=O) groups is 2. The van der Waals surface area contributed by atoms with Crippen LogP contribution in [0.25, 0.3) is 5.57 Å². The molecule has 286 valence electrons. The number of carbonyl (C=O) groups excluding carboxylic acids is 2. The van der Waals surface area contributed by atoms with Gasteiger partial charge in [-0.3, -0.25) is 9.69 Å². The fourth-order valence-corrected chi connectivity index (χ4v) is 6.74. The van der Waals surface area contributed by atoms with E-state index in [1.807, 2.05) is 24.3 Å². The minimum atomic E-state index is -1.92. The van der Waals surface area contributed by atoms with Crippen molar-refractivity contribution < 1.29 is 36.6 Å². The minimum absolute atomic E-state index is 0. The normalized spacial score (nSPS) is 18.7. The van der Waals surface area contributed by atoms with E-state index in [-0.39, 0.29) is 44.1 Å². The third kappa shape index (κ3) is 9.02. The molecule has 2 atom stereocenters. The Bertz CT molecular complexity index is 1850. The minimum Gasteiger partial charge on any atom is -0.488 e. The molecule has 2 heterocycles. The number of hydrogen-bond acceptors (Lipinski definition) is 5. The molecule has 2 bridgehead atoms. The molecular formula is C38H39Cl4F4N3O4. The van der Waals surface area contributed by atoms with Crippen molar-refractivity contribution in [1.82, 2.24) is 15.1 Å². The molecule has 0 aromatic heterocycles. The first-order chi connectivity index (χ1) is 24.7. The monoisotopic (exact) mass is 817 g/mol. The fraction of sp³-hybridized carbons (Fsp3) is 0.421. The van der Waals surface area contributed by atoms with Gasteiger partial charge in [0.1, 0.15) is 5.82 Å². The van der Waals surface area contributed by atoms with Crippen molar-refractivity contribution in [3.8, 4) is 5.75 Å². The van der Waals surface area contributed by atoms with E-state index in [1.54, 1.807) is 28.0 Å². The number of nitrogens with one attached hydrogen (secondary N) is 1. The molecule has 7 nitrogen and oxygen atoms in total. The van der Waals surface area contributed by atoms with Gasteiger partial charge in [-0.15, -0.1) is 12.4 Å².